The number of aromatic hydroxyl groups is 1. The SMILES string of the molecule is C=CCc1cc(/C=C/C(=O)Nc2ccc(S(F)(F)(F)(F)F)cc2)cc(OC)c1O. The third-order valence-corrected chi connectivity index (χ3v) is 4.92. The van der Waals surface area contributed by atoms with Crippen molar-refractivity contribution >= 4 is 27.9 Å². The molecule has 29 heavy (non-hydrogen) atoms. The first-order chi connectivity index (χ1) is 13.2. The summed E-state index contributed by atoms with van der Waals surface area (Å²) >= 11 is 0. The van der Waals surface area contributed by atoms with Crippen molar-refractivity contribution in [1.82, 2.24) is 0 Å². The van der Waals surface area contributed by atoms with Gasteiger partial charge in [0.2, 0.25) is 5.91 Å². The van der Waals surface area contributed by atoms with Gasteiger partial charge in [-0.15, -0.1) is 6.58 Å². The lowest BCUT2D eigenvalue weighted by atomic mass is 10.1. The summed E-state index contributed by atoms with van der Waals surface area (Å²) in [6.07, 6.45) is 4.42. The number of hydrogen-bond donors (Lipinski definition) is 2. The van der Waals surface area contributed by atoms with E-state index in [2.05, 4.69) is 11.9 Å². The number of halogens is 5. The van der Waals surface area contributed by atoms with Gasteiger partial charge in [0.25, 0.3) is 0 Å². The molecule has 10 heteroatoms. The highest BCUT2D eigenvalue weighted by Crippen LogP contribution is 3.02. The lowest BCUT2D eigenvalue weighted by molar-refractivity contribution is -0.111. The number of benzene rings is 2. The monoisotopic (exact) mass is 435 g/mol. The average molecular weight is 435 g/mol. The van der Waals surface area contributed by atoms with Gasteiger partial charge < -0.3 is 15.2 Å². The predicted molar refractivity (Wildman–Crippen MR) is 104 cm³/mol. The van der Waals surface area contributed by atoms with Crippen LogP contribution in [0.25, 0.3) is 6.08 Å². The topological polar surface area (TPSA) is 58.6 Å². The molecule has 2 aromatic rings. The zero-order valence-corrected chi connectivity index (χ0v) is 16.0. The number of amides is 1. The number of anilines is 1. The Bertz CT molecular complexity index is 971. The summed E-state index contributed by atoms with van der Waals surface area (Å²) in [7, 11) is -8.39. The van der Waals surface area contributed by atoms with E-state index in [-0.39, 0.29) is 29.3 Å². The number of phenolic OH excluding ortho intramolecular Hbond substituents is 1. The number of rotatable bonds is 7. The summed E-state index contributed by atoms with van der Waals surface area (Å²) in [5, 5.41) is 12.3. The number of phenols is 1. The van der Waals surface area contributed by atoms with E-state index in [1.807, 2.05) is 0 Å². The summed E-state index contributed by atoms with van der Waals surface area (Å²) in [5.41, 5.74) is 0.954. The lowest BCUT2D eigenvalue weighted by Crippen LogP contribution is -2.09. The van der Waals surface area contributed by atoms with Gasteiger partial charge in [0.15, 0.2) is 11.5 Å². The molecule has 0 atom stereocenters. The molecule has 1 amide bonds. The van der Waals surface area contributed by atoms with E-state index in [0.717, 1.165) is 18.2 Å². The third kappa shape index (κ3) is 5.98. The second-order valence-electron chi connectivity index (χ2n) is 6.04. The van der Waals surface area contributed by atoms with Crippen LogP contribution < -0.4 is 10.1 Å². The number of methoxy groups -OCH3 is 1. The van der Waals surface area contributed by atoms with E-state index >= 15 is 0 Å². The van der Waals surface area contributed by atoms with E-state index < -0.39 is 21.0 Å². The summed E-state index contributed by atoms with van der Waals surface area (Å²) < 4.78 is 68.5. The van der Waals surface area contributed by atoms with Crippen LogP contribution in [0.3, 0.4) is 0 Å². The minimum atomic E-state index is -9.76. The first-order valence-electron chi connectivity index (χ1n) is 8.07. The molecule has 0 saturated heterocycles. The molecule has 2 aromatic carbocycles. The molecule has 0 fully saturated rings. The van der Waals surface area contributed by atoms with Gasteiger partial charge in [0.05, 0.1) is 7.11 Å². The molecular formula is C19H18F5NO3S. The van der Waals surface area contributed by atoms with E-state index in [0.29, 0.717) is 17.5 Å². The minimum absolute atomic E-state index is 0.0574. The highest BCUT2D eigenvalue weighted by atomic mass is 32.5. The van der Waals surface area contributed by atoms with E-state index in [9.17, 15) is 29.3 Å². The van der Waals surface area contributed by atoms with Gasteiger partial charge in [-0.25, -0.2) is 0 Å². The van der Waals surface area contributed by atoms with Crippen molar-refractivity contribution in [3.05, 3.63) is 66.3 Å². The first-order valence-corrected chi connectivity index (χ1v) is 10.0. The molecule has 4 nitrogen and oxygen atoms in total. The molecule has 0 aromatic heterocycles. The Morgan fingerprint density at radius 2 is 1.79 bits per heavy atom. The molecule has 2 rings (SSSR count). The smallest absolute Gasteiger partial charge is 0.310 e. The number of hydrogen-bond acceptors (Lipinski definition) is 3. The van der Waals surface area contributed by atoms with Crippen LogP contribution in [-0.2, 0) is 11.2 Å². The van der Waals surface area contributed by atoms with Crippen LogP contribution in [0.15, 0.2) is 60.0 Å². The van der Waals surface area contributed by atoms with E-state index in [1.165, 1.54) is 19.3 Å². The van der Waals surface area contributed by atoms with Crippen LogP contribution in [0.2, 0.25) is 0 Å². The van der Waals surface area contributed by atoms with E-state index in [1.54, 1.807) is 12.1 Å². The van der Waals surface area contributed by atoms with Gasteiger partial charge in [-0.05, 0) is 54.5 Å². The van der Waals surface area contributed by atoms with Crippen LogP contribution in [0.4, 0.5) is 25.1 Å². The van der Waals surface area contributed by atoms with E-state index in [4.69, 9.17) is 4.74 Å². The molecule has 2 N–H and O–H groups in total. The molecule has 0 radical (unpaired) electrons. The molecule has 0 spiro atoms. The average Bonchev–Trinajstić information content (AvgIpc) is 2.61. The van der Waals surface area contributed by atoms with Gasteiger partial charge in [-0.1, -0.05) is 25.5 Å². The number of nitrogens with one attached hydrogen (secondary N) is 1. The highest BCUT2D eigenvalue weighted by molar-refractivity contribution is 8.45. The number of allylic oxidation sites excluding steroid dienone is 1. The van der Waals surface area contributed by atoms with Crippen LogP contribution >= 0.6 is 10.2 Å². The predicted octanol–water partition coefficient (Wildman–Crippen LogP) is 6.44. The van der Waals surface area contributed by atoms with Crippen LogP contribution in [0.1, 0.15) is 11.1 Å². The van der Waals surface area contributed by atoms with Gasteiger partial charge in [0, 0.05) is 17.3 Å². The molecule has 0 heterocycles. The quantitative estimate of drug-likeness (QED) is 0.299. The molecule has 158 valence electrons. The second kappa shape index (κ2) is 7.11. The Kier molecular flexibility index (Phi) is 5.46. The normalized spacial score (nSPS) is 14.1. The molecule has 0 bridgehead atoms. The van der Waals surface area contributed by atoms with Crippen molar-refractivity contribution in [1.29, 1.82) is 0 Å². The summed E-state index contributed by atoms with van der Waals surface area (Å²) in [6, 6.07) is 5.00. The Hall–Kier alpha value is -3.01. The molecular weight excluding hydrogens is 417 g/mol. The molecule has 0 aliphatic heterocycles. The second-order valence-corrected chi connectivity index (χ2v) is 8.45. The van der Waals surface area contributed by atoms with Gasteiger partial charge in [0.1, 0.15) is 4.90 Å². The highest BCUT2D eigenvalue weighted by Gasteiger charge is 2.65. The summed E-state index contributed by atoms with van der Waals surface area (Å²) in [5.74, 6) is -0.559. The fourth-order valence-corrected chi connectivity index (χ4v) is 3.05. The fourth-order valence-electron chi connectivity index (χ4n) is 2.40. The zero-order chi connectivity index (χ0) is 21.9. The largest absolute Gasteiger partial charge is 0.504 e. The third-order valence-electron chi connectivity index (χ3n) is 3.75. The number of ether oxygens (including phenoxy) is 1. The number of carbonyl (C=O) groups is 1. The Morgan fingerprint density at radius 3 is 2.31 bits per heavy atom. The van der Waals surface area contributed by atoms with Crippen molar-refractivity contribution in [2.24, 2.45) is 0 Å². The van der Waals surface area contributed by atoms with Gasteiger partial charge in [-0.3, -0.25) is 4.79 Å². The maximum absolute atomic E-state index is 12.7. The van der Waals surface area contributed by atoms with Crippen molar-refractivity contribution in [2.75, 3.05) is 12.4 Å². The maximum atomic E-state index is 12.7. The maximum Gasteiger partial charge on any atom is 0.310 e. The Balaban J connectivity index is 2.16. The molecule has 0 unspecified atom stereocenters. The molecule has 0 aliphatic rings. The zero-order valence-electron chi connectivity index (χ0n) is 15.2. The van der Waals surface area contributed by atoms with Crippen LogP contribution in [0.5, 0.6) is 11.5 Å². The molecule has 0 aliphatic carbocycles. The fraction of sp³-hybridized carbons (Fsp3) is 0.105. The summed E-state index contributed by atoms with van der Waals surface area (Å²) in [6.45, 7) is 3.58. The molecule has 0 saturated carbocycles. The van der Waals surface area contributed by atoms with Crippen LogP contribution in [-0.4, -0.2) is 18.1 Å². The van der Waals surface area contributed by atoms with Crippen molar-refractivity contribution in [3.63, 3.8) is 0 Å². The Labute approximate surface area is 164 Å². The van der Waals surface area contributed by atoms with Crippen LogP contribution in [0, 0.1) is 0 Å². The van der Waals surface area contributed by atoms with Crippen molar-refractivity contribution < 1.29 is 34.1 Å². The minimum Gasteiger partial charge on any atom is -0.504 e. The number of carbonyl (C=O) groups excluding carboxylic acids is 1. The first kappa shape index (κ1) is 22.3. The lowest BCUT2D eigenvalue weighted by Gasteiger charge is -2.40. The standard InChI is InChI=1S/C19H18F5NO3S/c1-3-4-14-11-13(12-17(28-2)19(14)27)5-10-18(26)25-15-6-8-16(9-7-15)29(20,21,22,23)24/h3,5-12,27H,1,4H2,2H3,(H,25,26)/b10-5+. The van der Waals surface area contributed by atoms with Gasteiger partial charge in [-0.2, -0.15) is 0 Å². The van der Waals surface area contributed by atoms with Crippen molar-refractivity contribution in [2.45, 2.75) is 11.3 Å². The van der Waals surface area contributed by atoms with Crippen molar-refractivity contribution in [3.8, 4) is 11.5 Å². The Morgan fingerprint density at radius 1 is 1.17 bits per heavy atom. The van der Waals surface area contributed by atoms with Gasteiger partial charge >= 0.3 is 10.2 Å². The summed E-state index contributed by atoms with van der Waals surface area (Å²) in [4.78, 5) is 9.93.